The van der Waals surface area contributed by atoms with Gasteiger partial charge in [-0.3, -0.25) is 19.2 Å². The van der Waals surface area contributed by atoms with Crippen molar-refractivity contribution in [2.24, 2.45) is 17.3 Å². The SMILES string of the molecule is CC1(C)C2C(=O)N(CCCn3ccc(N)n3)C(=O)C21. The Morgan fingerprint density at radius 2 is 1.89 bits per heavy atom. The maximum Gasteiger partial charge on any atom is 0.233 e. The summed E-state index contributed by atoms with van der Waals surface area (Å²) in [7, 11) is 0. The molecule has 6 heteroatoms. The lowest BCUT2D eigenvalue weighted by Crippen LogP contribution is -2.37. The van der Waals surface area contributed by atoms with Gasteiger partial charge in [-0.1, -0.05) is 13.8 Å². The number of hydrogen-bond donors (Lipinski definition) is 1. The Morgan fingerprint density at radius 1 is 1.26 bits per heavy atom. The van der Waals surface area contributed by atoms with E-state index in [1.165, 1.54) is 4.90 Å². The van der Waals surface area contributed by atoms with Crippen LogP contribution in [0.4, 0.5) is 5.82 Å². The van der Waals surface area contributed by atoms with Crippen LogP contribution in [0, 0.1) is 17.3 Å². The molecule has 6 nitrogen and oxygen atoms in total. The highest BCUT2D eigenvalue weighted by Gasteiger charge is 2.72. The molecule has 0 aromatic carbocycles. The summed E-state index contributed by atoms with van der Waals surface area (Å²) in [6, 6.07) is 1.73. The zero-order valence-electron chi connectivity index (χ0n) is 11.2. The number of nitrogen functional groups attached to an aromatic ring is 1. The Bertz CT molecular complexity index is 525. The number of carbonyl (C=O) groups is 2. The minimum atomic E-state index is -0.124. The number of nitrogens with two attached hydrogens (primary N) is 1. The number of aromatic nitrogens is 2. The van der Waals surface area contributed by atoms with Gasteiger partial charge in [0, 0.05) is 19.3 Å². The number of rotatable bonds is 4. The summed E-state index contributed by atoms with van der Waals surface area (Å²) in [6.45, 7) is 5.11. The van der Waals surface area contributed by atoms with E-state index in [-0.39, 0.29) is 29.1 Å². The molecule has 2 N–H and O–H groups in total. The minimum Gasteiger partial charge on any atom is -0.382 e. The van der Waals surface area contributed by atoms with E-state index in [2.05, 4.69) is 5.10 Å². The van der Waals surface area contributed by atoms with E-state index in [4.69, 9.17) is 5.73 Å². The number of anilines is 1. The average molecular weight is 262 g/mol. The first-order valence-electron chi connectivity index (χ1n) is 6.57. The van der Waals surface area contributed by atoms with Gasteiger partial charge in [-0.2, -0.15) is 5.10 Å². The molecule has 19 heavy (non-hydrogen) atoms. The van der Waals surface area contributed by atoms with Gasteiger partial charge in [0.2, 0.25) is 11.8 Å². The predicted molar refractivity (Wildman–Crippen MR) is 68.7 cm³/mol. The zero-order chi connectivity index (χ0) is 13.8. The van der Waals surface area contributed by atoms with Gasteiger partial charge in [-0.25, -0.2) is 0 Å². The van der Waals surface area contributed by atoms with Crippen LogP contribution in [0.1, 0.15) is 20.3 Å². The quantitative estimate of drug-likeness (QED) is 0.801. The van der Waals surface area contributed by atoms with Gasteiger partial charge in [-0.15, -0.1) is 0 Å². The lowest BCUT2D eigenvalue weighted by molar-refractivity contribution is -0.143. The number of aryl methyl sites for hydroxylation is 1. The monoisotopic (exact) mass is 262 g/mol. The molecule has 0 spiro atoms. The number of likely N-dealkylation sites (tertiary alicyclic amines) is 1. The fourth-order valence-electron chi connectivity index (χ4n) is 3.12. The van der Waals surface area contributed by atoms with E-state index in [0.29, 0.717) is 25.3 Å². The Hall–Kier alpha value is -1.85. The molecule has 2 fully saturated rings. The molecule has 2 aliphatic rings. The Kier molecular flexibility index (Phi) is 2.45. The molecule has 2 unspecified atom stereocenters. The van der Waals surface area contributed by atoms with Gasteiger partial charge >= 0.3 is 0 Å². The van der Waals surface area contributed by atoms with Crippen molar-refractivity contribution in [3.8, 4) is 0 Å². The first-order valence-corrected chi connectivity index (χ1v) is 6.57. The van der Waals surface area contributed by atoms with Crippen molar-refractivity contribution in [1.29, 1.82) is 0 Å². The van der Waals surface area contributed by atoms with E-state index < -0.39 is 0 Å². The Labute approximate surface area is 111 Å². The van der Waals surface area contributed by atoms with Gasteiger partial charge in [0.05, 0.1) is 11.8 Å². The average Bonchev–Trinajstić information content (AvgIpc) is 2.61. The molecule has 1 aromatic heterocycles. The normalized spacial score (nSPS) is 27.8. The van der Waals surface area contributed by atoms with Crippen molar-refractivity contribution in [2.75, 3.05) is 12.3 Å². The number of imide groups is 1. The van der Waals surface area contributed by atoms with E-state index in [9.17, 15) is 9.59 Å². The molecule has 0 radical (unpaired) electrons. The van der Waals surface area contributed by atoms with E-state index in [1.54, 1.807) is 16.9 Å². The third-order valence-electron chi connectivity index (χ3n) is 4.32. The van der Waals surface area contributed by atoms with Gasteiger partial charge < -0.3 is 5.73 Å². The van der Waals surface area contributed by atoms with Gasteiger partial charge in [0.1, 0.15) is 5.82 Å². The second-order valence-electron chi connectivity index (χ2n) is 5.96. The minimum absolute atomic E-state index is 0.0000193. The summed E-state index contributed by atoms with van der Waals surface area (Å²) < 4.78 is 1.73. The topological polar surface area (TPSA) is 81.2 Å². The molecule has 1 aromatic rings. The number of piperidine rings is 1. The van der Waals surface area contributed by atoms with Crippen LogP contribution >= 0.6 is 0 Å². The molecule has 2 amide bonds. The van der Waals surface area contributed by atoms with Crippen molar-refractivity contribution >= 4 is 17.6 Å². The number of nitrogens with zero attached hydrogens (tertiary/aromatic N) is 3. The smallest absolute Gasteiger partial charge is 0.233 e. The lowest BCUT2D eigenvalue weighted by atomic mass is 10.1. The standard InChI is InChI=1S/C13H18N4O2/c1-13(2)9-10(13)12(19)17(11(9)18)6-3-5-16-7-4-8(14)15-16/h4,7,9-10H,3,5-6H2,1-2H3,(H2,14,15). The van der Waals surface area contributed by atoms with Crippen molar-refractivity contribution in [3.63, 3.8) is 0 Å². The summed E-state index contributed by atoms with van der Waals surface area (Å²) in [6.07, 6.45) is 2.50. The third-order valence-corrected chi connectivity index (χ3v) is 4.32. The summed E-state index contributed by atoms with van der Waals surface area (Å²) in [5.41, 5.74) is 5.40. The van der Waals surface area contributed by atoms with Gasteiger partial charge in [0.25, 0.3) is 0 Å². The van der Waals surface area contributed by atoms with Crippen molar-refractivity contribution in [3.05, 3.63) is 12.3 Å². The summed E-state index contributed by atoms with van der Waals surface area (Å²) in [4.78, 5) is 25.6. The van der Waals surface area contributed by atoms with Crippen LogP contribution in [-0.2, 0) is 16.1 Å². The van der Waals surface area contributed by atoms with E-state index >= 15 is 0 Å². The first kappa shape index (κ1) is 12.2. The number of amides is 2. The van der Waals surface area contributed by atoms with Crippen LogP contribution in [0.25, 0.3) is 0 Å². The zero-order valence-corrected chi connectivity index (χ0v) is 11.2. The summed E-state index contributed by atoms with van der Waals surface area (Å²) >= 11 is 0. The number of fused-ring (bicyclic) bond motifs is 1. The highest BCUT2D eigenvalue weighted by Crippen LogP contribution is 2.63. The second kappa shape index (κ2) is 3.82. The number of carbonyl (C=O) groups excluding carboxylic acids is 2. The molecule has 1 saturated carbocycles. The fraction of sp³-hybridized carbons (Fsp3) is 0.615. The second-order valence-corrected chi connectivity index (χ2v) is 5.96. The van der Waals surface area contributed by atoms with Crippen molar-refractivity contribution < 1.29 is 9.59 Å². The van der Waals surface area contributed by atoms with Crippen molar-refractivity contribution in [1.82, 2.24) is 14.7 Å². The van der Waals surface area contributed by atoms with Gasteiger partial charge in [-0.05, 0) is 17.9 Å². The fourth-order valence-corrected chi connectivity index (χ4v) is 3.12. The highest BCUT2D eigenvalue weighted by molar-refractivity contribution is 6.10. The van der Waals surface area contributed by atoms with Gasteiger partial charge in [0.15, 0.2) is 0 Å². The molecule has 3 rings (SSSR count). The summed E-state index contributed by atoms with van der Waals surface area (Å²) in [5.74, 6) is 0.317. The molecular weight excluding hydrogens is 244 g/mol. The molecule has 2 atom stereocenters. The van der Waals surface area contributed by atoms with Crippen LogP contribution in [0.5, 0.6) is 0 Å². The largest absolute Gasteiger partial charge is 0.382 e. The lowest BCUT2D eigenvalue weighted by Gasteiger charge is -2.20. The predicted octanol–water partition coefficient (Wildman–Crippen LogP) is 0.496. The van der Waals surface area contributed by atoms with E-state index in [0.717, 1.165) is 0 Å². The number of hydrogen-bond acceptors (Lipinski definition) is 4. The summed E-state index contributed by atoms with van der Waals surface area (Å²) in [5, 5.41) is 4.07. The van der Waals surface area contributed by atoms with Crippen LogP contribution in [0.15, 0.2) is 12.3 Å². The molecule has 1 saturated heterocycles. The van der Waals surface area contributed by atoms with Crippen LogP contribution < -0.4 is 5.73 Å². The van der Waals surface area contributed by atoms with Crippen molar-refractivity contribution in [2.45, 2.75) is 26.8 Å². The van der Waals surface area contributed by atoms with Crippen LogP contribution in [0.3, 0.4) is 0 Å². The Balaban J connectivity index is 1.55. The molecule has 0 bridgehead atoms. The maximum atomic E-state index is 12.1. The molecular formula is C13H18N4O2. The molecule has 2 heterocycles. The first-order chi connectivity index (χ1) is 8.93. The van der Waals surface area contributed by atoms with Crippen LogP contribution in [0.2, 0.25) is 0 Å². The third kappa shape index (κ3) is 1.74. The van der Waals surface area contributed by atoms with Crippen LogP contribution in [-0.4, -0.2) is 33.0 Å². The van der Waals surface area contributed by atoms with E-state index in [1.807, 2.05) is 13.8 Å². The highest BCUT2D eigenvalue weighted by atomic mass is 16.2. The molecule has 1 aliphatic carbocycles. The molecule has 102 valence electrons. The maximum absolute atomic E-state index is 12.1. The Morgan fingerprint density at radius 3 is 2.42 bits per heavy atom. The molecule has 1 aliphatic heterocycles.